The van der Waals surface area contributed by atoms with Crippen LogP contribution in [-0.4, -0.2) is 31.4 Å². The van der Waals surface area contributed by atoms with Gasteiger partial charge in [-0.3, -0.25) is 14.4 Å². The Morgan fingerprint density at radius 2 is 1.89 bits per heavy atom. The summed E-state index contributed by atoms with van der Waals surface area (Å²) in [5, 5.41) is 2.36. The number of primary amides is 1. The molecule has 6 heteroatoms. The zero-order chi connectivity index (χ0) is 14.3. The first kappa shape index (κ1) is 14.4. The fourth-order valence-electron chi connectivity index (χ4n) is 1.22. The fourth-order valence-corrected chi connectivity index (χ4v) is 1.22. The van der Waals surface area contributed by atoms with Gasteiger partial charge >= 0.3 is 5.97 Å². The highest BCUT2D eigenvalue weighted by molar-refractivity contribution is 5.94. The second kappa shape index (κ2) is 6.95. The van der Waals surface area contributed by atoms with E-state index in [4.69, 9.17) is 5.73 Å². The first-order valence-electron chi connectivity index (χ1n) is 5.45. The number of ether oxygens (including phenoxy) is 1. The minimum absolute atomic E-state index is 0.180. The van der Waals surface area contributed by atoms with Gasteiger partial charge in [0.2, 0.25) is 11.8 Å². The average molecular weight is 262 g/mol. The summed E-state index contributed by atoms with van der Waals surface area (Å²) < 4.78 is 4.38. The Morgan fingerprint density at radius 1 is 1.26 bits per heavy atom. The van der Waals surface area contributed by atoms with Gasteiger partial charge in [-0.25, -0.2) is 0 Å². The quantitative estimate of drug-likeness (QED) is 0.580. The van der Waals surface area contributed by atoms with E-state index in [0.717, 1.165) is 5.56 Å². The lowest BCUT2D eigenvalue weighted by atomic mass is 10.1. The van der Waals surface area contributed by atoms with Crippen LogP contribution in [0, 0.1) is 0 Å². The minimum Gasteiger partial charge on any atom is -0.468 e. The summed E-state index contributed by atoms with van der Waals surface area (Å²) in [6.45, 7) is -0.180. The molecule has 0 aliphatic heterocycles. The number of carbonyl (C=O) groups is 3. The van der Waals surface area contributed by atoms with Crippen LogP contribution in [0.4, 0.5) is 0 Å². The van der Waals surface area contributed by atoms with E-state index in [1.807, 2.05) is 0 Å². The van der Waals surface area contributed by atoms with E-state index in [1.165, 1.54) is 13.2 Å². The molecule has 19 heavy (non-hydrogen) atoms. The third kappa shape index (κ3) is 5.03. The van der Waals surface area contributed by atoms with Crippen molar-refractivity contribution in [3.05, 3.63) is 41.5 Å². The number of esters is 1. The zero-order valence-electron chi connectivity index (χ0n) is 10.4. The summed E-state index contributed by atoms with van der Waals surface area (Å²) >= 11 is 0. The molecule has 0 unspecified atom stereocenters. The standard InChI is InChI=1S/C13H14N2O4/c1-19-12(17)8-15-11(16)7-4-9-2-5-10(6-3-9)13(14)18/h2-7H,8H2,1H3,(H2,14,18)(H,15,16)/b7-4+. The molecule has 0 saturated heterocycles. The van der Waals surface area contributed by atoms with Crippen LogP contribution in [0.3, 0.4) is 0 Å². The van der Waals surface area contributed by atoms with Crippen LogP contribution < -0.4 is 11.1 Å². The van der Waals surface area contributed by atoms with Crippen molar-refractivity contribution in [3.8, 4) is 0 Å². The highest BCUT2D eigenvalue weighted by Gasteiger charge is 2.02. The number of methoxy groups -OCH3 is 1. The van der Waals surface area contributed by atoms with E-state index in [-0.39, 0.29) is 6.54 Å². The molecule has 0 heterocycles. The monoisotopic (exact) mass is 262 g/mol. The van der Waals surface area contributed by atoms with Crippen LogP contribution in [0.1, 0.15) is 15.9 Å². The van der Waals surface area contributed by atoms with Gasteiger partial charge in [0.1, 0.15) is 6.54 Å². The van der Waals surface area contributed by atoms with Crippen molar-refractivity contribution in [2.24, 2.45) is 5.73 Å². The molecule has 0 aromatic heterocycles. The van der Waals surface area contributed by atoms with Gasteiger partial charge < -0.3 is 15.8 Å². The van der Waals surface area contributed by atoms with Crippen molar-refractivity contribution in [1.29, 1.82) is 0 Å². The number of benzene rings is 1. The molecule has 6 nitrogen and oxygen atoms in total. The van der Waals surface area contributed by atoms with Gasteiger partial charge in [0, 0.05) is 11.6 Å². The molecule has 100 valence electrons. The molecule has 2 amide bonds. The van der Waals surface area contributed by atoms with Gasteiger partial charge in [0.15, 0.2) is 0 Å². The van der Waals surface area contributed by atoms with Gasteiger partial charge in [-0.1, -0.05) is 12.1 Å². The summed E-state index contributed by atoms with van der Waals surface area (Å²) in [5.41, 5.74) is 6.23. The largest absolute Gasteiger partial charge is 0.468 e. The second-order valence-electron chi connectivity index (χ2n) is 3.61. The number of nitrogens with one attached hydrogen (secondary N) is 1. The average Bonchev–Trinajstić information content (AvgIpc) is 2.42. The Labute approximate surface area is 110 Å². The van der Waals surface area contributed by atoms with Crippen molar-refractivity contribution >= 4 is 23.9 Å². The minimum atomic E-state index is -0.521. The van der Waals surface area contributed by atoms with E-state index in [9.17, 15) is 14.4 Å². The maximum atomic E-state index is 11.3. The molecule has 0 aliphatic carbocycles. The van der Waals surface area contributed by atoms with E-state index in [1.54, 1.807) is 30.3 Å². The number of rotatable bonds is 5. The molecule has 0 spiro atoms. The van der Waals surface area contributed by atoms with Crippen LogP contribution in [0.25, 0.3) is 6.08 Å². The first-order valence-corrected chi connectivity index (χ1v) is 5.45. The number of carbonyl (C=O) groups excluding carboxylic acids is 3. The maximum absolute atomic E-state index is 11.3. The third-order valence-corrected chi connectivity index (χ3v) is 2.26. The molecule has 1 aromatic carbocycles. The van der Waals surface area contributed by atoms with Crippen LogP contribution >= 0.6 is 0 Å². The fraction of sp³-hybridized carbons (Fsp3) is 0.154. The van der Waals surface area contributed by atoms with Crippen molar-refractivity contribution in [1.82, 2.24) is 5.32 Å². The normalized spacial score (nSPS) is 10.2. The smallest absolute Gasteiger partial charge is 0.325 e. The molecule has 0 aliphatic rings. The van der Waals surface area contributed by atoms with Crippen LogP contribution in [0.15, 0.2) is 30.3 Å². The molecule has 3 N–H and O–H groups in total. The second-order valence-corrected chi connectivity index (χ2v) is 3.61. The van der Waals surface area contributed by atoms with Gasteiger partial charge in [0.05, 0.1) is 7.11 Å². The molecular formula is C13H14N2O4. The Kier molecular flexibility index (Phi) is 5.28. The summed E-state index contributed by atoms with van der Waals surface area (Å²) in [6, 6.07) is 6.44. The van der Waals surface area contributed by atoms with Gasteiger partial charge in [0.25, 0.3) is 0 Å². The first-order chi connectivity index (χ1) is 9.02. The van der Waals surface area contributed by atoms with Crippen LogP contribution in [-0.2, 0) is 14.3 Å². The Bertz CT molecular complexity index is 506. The summed E-state index contributed by atoms with van der Waals surface area (Å²) in [7, 11) is 1.24. The topological polar surface area (TPSA) is 98.5 Å². The molecule has 1 rings (SSSR count). The zero-order valence-corrected chi connectivity index (χ0v) is 10.4. The third-order valence-electron chi connectivity index (χ3n) is 2.26. The van der Waals surface area contributed by atoms with Gasteiger partial charge in [-0.2, -0.15) is 0 Å². The van der Waals surface area contributed by atoms with E-state index in [2.05, 4.69) is 10.1 Å². The van der Waals surface area contributed by atoms with Gasteiger partial charge in [-0.15, -0.1) is 0 Å². The molecule has 0 fully saturated rings. The van der Waals surface area contributed by atoms with E-state index >= 15 is 0 Å². The molecule has 1 aromatic rings. The highest BCUT2D eigenvalue weighted by Crippen LogP contribution is 2.05. The SMILES string of the molecule is COC(=O)CNC(=O)/C=C/c1ccc(C(N)=O)cc1. The van der Waals surface area contributed by atoms with Gasteiger partial charge in [-0.05, 0) is 23.8 Å². The summed E-state index contributed by atoms with van der Waals surface area (Å²) in [4.78, 5) is 33.0. The molecular weight excluding hydrogens is 248 g/mol. The van der Waals surface area contributed by atoms with Crippen molar-refractivity contribution < 1.29 is 19.1 Å². The van der Waals surface area contributed by atoms with Crippen LogP contribution in [0.5, 0.6) is 0 Å². The Morgan fingerprint density at radius 3 is 2.42 bits per heavy atom. The predicted octanol–water partition coefficient (Wildman–Crippen LogP) is 0.0879. The Hall–Kier alpha value is -2.63. The lowest BCUT2D eigenvalue weighted by Crippen LogP contribution is -2.28. The maximum Gasteiger partial charge on any atom is 0.325 e. The molecule has 0 atom stereocenters. The van der Waals surface area contributed by atoms with E-state index < -0.39 is 17.8 Å². The lowest BCUT2D eigenvalue weighted by molar-refractivity contribution is -0.140. The van der Waals surface area contributed by atoms with E-state index in [0.29, 0.717) is 5.56 Å². The number of hydrogen-bond acceptors (Lipinski definition) is 4. The highest BCUT2D eigenvalue weighted by atomic mass is 16.5. The van der Waals surface area contributed by atoms with Crippen molar-refractivity contribution in [3.63, 3.8) is 0 Å². The van der Waals surface area contributed by atoms with Crippen molar-refractivity contribution in [2.75, 3.05) is 13.7 Å². The Balaban J connectivity index is 2.54. The number of hydrogen-bond donors (Lipinski definition) is 2. The predicted molar refractivity (Wildman–Crippen MR) is 69.0 cm³/mol. The molecule has 0 bridgehead atoms. The summed E-state index contributed by atoms with van der Waals surface area (Å²) in [6.07, 6.45) is 2.83. The number of nitrogens with two attached hydrogens (primary N) is 1. The van der Waals surface area contributed by atoms with Crippen LogP contribution in [0.2, 0.25) is 0 Å². The molecule has 0 radical (unpaired) electrons. The molecule has 0 saturated carbocycles. The lowest BCUT2D eigenvalue weighted by Gasteiger charge is -2.00. The number of amides is 2. The summed E-state index contributed by atoms with van der Waals surface area (Å²) in [5.74, 6) is -1.44. The van der Waals surface area contributed by atoms with Crippen molar-refractivity contribution in [2.45, 2.75) is 0 Å².